The molecule has 2 aliphatic rings. The van der Waals surface area contributed by atoms with Crippen molar-refractivity contribution in [3.8, 4) is 5.75 Å². The number of nitrogens with one attached hydrogen (secondary N) is 1. The molecule has 0 aliphatic carbocycles. The first kappa shape index (κ1) is 9.92. The molecule has 0 amide bonds. The van der Waals surface area contributed by atoms with E-state index in [1.165, 1.54) is 12.1 Å². The number of phenolic OH excluding ortho intramolecular Hbond substituents is 1. The lowest BCUT2D eigenvalue weighted by atomic mass is 10.2. The van der Waals surface area contributed by atoms with Gasteiger partial charge in [-0.1, -0.05) is 6.07 Å². The molecular weight excluding hydrogens is 228 g/mol. The van der Waals surface area contributed by atoms with E-state index in [1.807, 2.05) is 4.90 Å². The zero-order chi connectivity index (χ0) is 11.3. The number of hydrogen-bond acceptors (Lipinski definition) is 4. The zero-order valence-electron chi connectivity index (χ0n) is 8.55. The molecule has 1 aromatic carbocycles. The molecule has 1 saturated heterocycles. The first-order chi connectivity index (χ1) is 7.59. The number of para-hydroxylation sites is 1. The monoisotopic (exact) mass is 240 g/mol. The molecule has 2 heterocycles. The van der Waals surface area contributed by atoms with E-state index < -0.39 is 10.0 Å². The minimum atomic E-state index is -3.47. The first-order valence-electron chi connectivity index (χ1n) is 5.20. The summed E-state index contributed by atoms with van der Waals surface area (Å²) in [6, 6.07) is 4.59. The fourth-order valence-corrected chi connectivity index (χ4v) is 3.88. The normalized spacial score (nSPS) is 26.2. The molecule has 5 nitrogen and oxygen atoms in total. The fraction of sp³-hybridized carbons (Fsp3) is 0.400. The van der Waals surface area contributed by atoms with Crippen molar-refractivity contribution in [2.24, 2.45) is 0 Å². The molecule has 1 fully saturated rings. The zero-order valence-corrected chi connectivity index (χ0v) is 9.37. The molecule has 1 atom stereocenters. The van der Waals surface area contributed by atoms with Crippen LogP contribution in [0, 0.1) is 0 Å². The van der Waals surface area contributed by atoms with Crippen molar-refractivity contribution in [1.29, 1.82) is 0 Å². The highest BCUT2D eigenvalue weighted by molar-refractivity contribution is 7.89. The number of fused-ring (bicyclic) bond motifs is 3. The van der Waals surface area contributed by atoms with E-state index in [9.17, 15) is 13.5 Å². The van der Waals surface area contributed by atoms with Crippen LogP contribution >= 0.6 is 0 Å². The van der Waals surface area contributed by atoms with Gasteiger partial charge in [0.1, 0.15) is 16.3 Å². The van der Waals surface area contributed by atoms with Crippen molar-refractivity contribution in [2.45, 2.75) is 23.9 Å². The van der Waals surface area contributed by atoms with Gasteiger partial charge < -0.3 is 10.0 Å². The Labute approximate surface area is 93.7 Å². The molecule has 3 rings (SSSR count). The van der Waals surface area contributed by atoms with Crippen molar-refractivity contribution in [1.82, 2.24) is 4.72 Å². The van der Waals surface area contributed by atoms with E-state index >= 15 is 0 Å². The van der Waals surface area contributed by atoms with Crippen molar-refractivity contribution in [2.75, 3.05) is 11.4 Å². The van der Waals surface area contributed by atoms with Crippen LogP contribution in [-0.2, 0) is 10.0 Å². The average Bonchev–Trinajstić information content (AvgIpc) is 2.64. The number of phenols is 1. The van der Waals surface area contributed by atoms with E-state index in [4.69, 9.17) is 0 Å². The van der Waals surface area contributed by atoms with Gasteiger partial charge in [-0.15, -0.1) is 0 Å². The maximum Gasteiger partial charge on any atom is 0.244 e. The van der Waals surface area contributed by atoms with Crippen LogP contribution in [0.4, 0.5) is 5.69 Å². The molecule has 1 unspecified atom stereocenters. The summed E-state index contributed by atoms with van der Waals surface area (Å²) in [6.07, 6.45) is 1.51. The Morgan fingerprint density at radius 3 is 3.06 bits per heavy atom. The second-order valence-corrected chi connectivity index (χ2v) is 5.78. The van der Waals surface area contributed by atoms with Crippen molar-refractivity contribution in [3.05, 3.63) is 18.2 Å². The van der Waals surface area contributed by atoms with Crippen molar-refractivity contribution < 1.29 is 13.5 Å². The van der Waals surface area contributed by atoms with Crippen LogP contribution in [0.2, 0.25) is 0 Å². The fourth-order valence-electron chi connectivity index (χ4n) is 2.42. The van der Waals surface area contributed by atoms with Gasteiger partial charge in [-0.05, 0) is 25.0 Å². The smallest absolute Gasteiger partial charge is 0.244 e. The number of hydrogen-bond donors (Lipinski definition) is 2. The van der Waals surface area contributed by atoms with Crippen LogP contribution in [0.1, 0.15) is 12.8 Å². The summed E-state index contributed by atoms with van der Waals surface area (Å²) in [7, 11) is -3.47. The molecule has 86 valence electrons. The molecule has 0 bridgehead atoms. The van der Waals surface area contributed by atoms with Crippen LogP contribution < -0.4 is 9.62 Å². The third-order valence-electron chi connectivity index (χ3n) is 3.10. The van der Waals surface area contributed by atoms with E-state index in [1.54, 1.807) is 6.07 Å². The van der Waals surface area contributed by atoms with Gasteiger partial charge in [0.15, 0.2) is 0 Å². The lowest BCUT2D eigenvalue weighted by Crippen LogP contribution is -2.48. The summed E-state index contributed by atoms with van der Waals surface area (Å²) in [5.41, 5.74) is 0.448. The predicted molar refractivity (Wildman–Crippen MR) is 58.8 cm³/mol. The molecular formula is C10H12N2O3S. The van der Waals surface area contributed by atoms with Crippen molar-refractivity contribution >= 4 is 15.7 Å². The van der Waals surface area contributed by atoms with Gasteiger partial charge >= 0.3 is 0 Å². The molecule has 2 N–H and O–H groups in total. The van der Waals surface area contributed by atoms with Crippen LogP contribution in [-0.4, -0.2) is 26.2 Å². The Balaban J connectivity index is 2.28. The Morgan fingerprint density at radius 2 is 2.25 bits per heavy atom. The highest BCUT2D eigenvalue weighted by Gasteiger charge is 2.39. The number of aromatic hydroxyl groups is 1. The second kappa shape index (κ2) is 3.11. The van der Waals surface area contributed by atoms with Gasteiger partial charge in [0, 0.05) is 6.54 Å². The Hall–Kier alpha value is -1.27. The number of rotatable bonds is 0. The minimum absolute atomic E-state index is 0.0366. The summed E-state index contributed by atoms with van der Waals surface area (Å²) in [5.74, 6) is 0.0366. The van der Waals surface area contributed by atoms with Gasteiger partial charge in [-0.25, -0.2) is 8.42 Å². The maximum absolute atomic E-state index is 11.9. The van der Waals surface area contributed by atoms with Gasteiger partial charge in [0.05, 0.1) is 6.17 Å². The molecule has 6 heteroatoms. The van der Waals surface area contributed by atoms with E-state index in [-0.39, 0.29) is 16.8 Å². The highest BCUT2D eigenvalue weighted by Crippen LogP contribution is 2.40. The number of anilines is 1. The van der Waals surface area contributed by atoms with Crippen LogP contribution in [0.15, 0.2) is 23.1 Å². The first-order valence-corrected chi connectivity index (χ1v) is 6.69. The highest BCUT2D eigenvalue weighted by atomic mass is 32.2. The predicted octanol–water partition coefficient (Wildman–Crippen LogP) is 0.610. The lowest BCUT2D eigenvalue weighted by Gasteiger charge is -2.34. The Morgan fingerprint density at radius 1 is 1.44 bits per heavy atom. The molecule has 0 aromatic heterocycles. The van der Waals surface area contributed by atoms with Gasteiger partial charge in [-0.2, -0.15) is 4.72 Å². The number of nitrogens with zero attached hydrogens (tertiary/aromatic N) is 1. The third-order valence-corrected chi connectivity index (χ3v) is 4.59. The summed E-state index contributed by atoms with van der Waals surface area (Å²) in [4.78, 5) is 2.09. The maximum atomic E-state index is 11.9. The molecule has 2 aliphatic heterocycles. The topological polar surface area (TPSA) is 69.6 Å². The van der Waals surface area contributed by atoms with Gasteiger partial charge in [0.2, 0.25) is 10.0 Å². The number of benzene rings is 1. The largest absolute Gasteiger partial charge is 0.506 e. The summed E-state index contributed by atoms with van der Waals surface area (Å²) >= 11 is 0. The quantitative estimate of drug-likeness (QED) is 0.697. The van der Waals surface area contributed by atoms with Crippen LogP contribution in [0.5, 0.6) is 5.75 Å². The summed E-state index contributed by atoms with van der Waals surface area (Å²) < 4.78 is 26.5. The average molecular weight is 240 g/mol. The number of sulfonamides is 1. The lowest BCUT2D eigenvalue weighted by molar-refractivity contribution is 0.465. The minimum Gasteiger partial charge on any atom is -0.506 e. The third kappa shape index (κ3) is 1.23. The Bertz CT molecular complexity index is 541. The standard InChI is InChI=1S/C10H12N2O3S/c13-7-3-1-4-8-10(7)12-6-2-5-9(12)11-16(8,14)15/h1,3-4,9,11,13H,2,5-6H2. The van der Waals surface area contributed by atoms with Crippen molar-refractivity contribution in [3.63, 3.8) is 0 Å². The second-order valence-electron chi connectivity index (χ2n) is 4.10. The summed E-state index contributed by atoms with van der Waals surface area (Å²) in [5, 5.41) is 9.80. The van der Waals surface area contributed by atoms with Gasteiger partial charge in [-0.3, -0.25) is 0 Å². The summed E-state index contributed by atoms with van der Waals surface area (Å²) in [6.45, 7) is 0.776. The molecule has 1 aromatic rings. The molecule has 16 heavy (non-hydrogen) atoms. The molecule has 0 radical (unpaired) electrons. The SMILES string of the molecule is O=S1(=O)NC2CCCN2c2c(O)cccc21. The van der Waals surface area contributed by atoms with Gasteiger partial charge in [0.25, 0.3) is 0 Å². The van der Waals surface area contributed by atoms with E-state index in [0.29, 0.717) is 5.69 Å². The molecule has 0 spiro atoms. The van der Waals surface area contributed by atoms with E-state index in [0.717, 1.165) is 19.4 Å². The van der Waals surface area contributed by atoms with Crippen LogP contribution in [0.3, 0.4) is 0 Å². The molecule has 0 saturated carbocycles. The van der Waals surface area contributed by atoms with Crippen LogP contribution in [0.25, 0.3) is 0 Å². The van der Waals surface area contributed by atoms with E-state index in [2.05, 4.69) is 4.72 Å². The Kier molecular flexibility index (Phi) is 1.93.